The van der Waals surface area contributed by atoms with E-state index >= 15 is 0 Å². The Bertz CT molecular complexity index is 858. The van der Waals surface area contributed by atoms with E-state index in [2.05, 4.69) is 10.3 Å². The molecule has 0 aliphatic carbocycles. The monoisotopic (exact) mass is 366 g/mol. The lowest BCUT2D eigenvalue weighted by molar-refractivity contribution is -0.116. The average Bonchev–Trinajstić information content (AvgIpc) is 2.76. The molecule has 3 N–H and O–H groups in total. The van der Waals surface area contributed by atoms with Gasteiger partial charge >= 0.3 is 5.97 Å². The fourth-order valence-electron chi connectivity index (χ4n) is 2.18. The lowest BCUT2D eigenvalue weighted by Crippen LogP contribution is -2.18. The van der Waals surface area contributed by atoms with Gasteiger partial charge in [0, 0.05) is 23.2 Å². The Balaban J connectivity index is 3.31. The van der Waals surface area contributed by atoms with Crippen molar-refractivity contribution in [3.63, 3.8) is 0 Å². The third-order valence-corrected chi connectivity index (χ3v) is 4.13. The summed E-state index contributed by atoms with van der Waals surface area (Å²) in [7, 11) is -3.20. The van der Waals surface area contributed by atoms with Gasteiger partial charge in [-0.05, 0) is 38.6 Å². The molecule has 0 aliphatic rings. The third kappa shape index (κ3) is 6.07. The Morgan fingerprint density at radius 1 is 1.28 bits per heavy atom. The number of carbonyl (C=O) groups is 2. The summed E-state index contributed by atoms with van der Waals surface area (Å²) in [5.41, 5.74) is 1.80. The van der Waals surface area contributed by atoms with Crippen LogP contribution in [0.25, 0.3) is 6.08 Å². The van der Waals surface area contributed by atoms with Crippen molar-refractivity contribution in [2.45, 2.75) is 20.8 Å². The minimum atomic E-state index is -3.20. The third-order valence-electron chi connectivity index (χ3n) is 3.33. The number of rotatable bonds is 7. The molecule has 0 aromatic carbocycles. The zero-order valence-corrected chi connectivity index (χ0v) is 15.4. The molecule has 8 heteroatoms. The Morgan fingerprint density at radius 2 is 1.92 bits per heavy atom. The van der Waals surface area contributed by atoms with Crippen molar-refractivity contribution in [1.29, 1.82) is 0 Å². The van der Waals surface area contributed by atoms with Crippen LogP contribution in [0.1, 0.15) is 34.2 Å². The first-order chi connectivity index (χ1) is 11.6. The zero-order chi connectivity index (χ0) is 19.2. The molecule has 1 rings (SSSR count). The maximum Gasteiger partial charge on any atom is 0.337 e. The Labute approximate surface area is 147 Å². The molecule has 1 aromatic heterocycles. The van der Waals surface area contributed by atoms with Crippen LogP contribution in [0.2, 0.25) is 0 Å². The van der Waals surface area contributed by atoms with Crippen molar-refractivity contribution in [2.75, 3.05) is 12.0 Å². The number of carbonyl (C=O) groups excluding carboxylic acids is 1. The van der Waals surface area contributed by atoms with Crippen LogP contribution in [0.15, 0.2) is 30.0 Å². The second-order valence-corrected chi connectivity index (χ2v) is 7.72. The SMILES string of the molecule is CC=CNC(=O)C(C=CCS(C)(=O)=O)=Cc1[nH]c(C)c(C(=O)O)c1C. The predicted octanol–water partition coefficient (Wildman–Crippen LogP) is 1.96. The number of allylic oxidation sites excluding steroid dienone is 1. The van der Waals surface area contributed by atoms with Gasteiger partial charge in [-0.3, -0.25) is 4.79 Å². The van der Waals surface area contributed by atoms with Crippen LogP contribution < -0.4 is 5.32 Å². The molecule has 0 fully saturated rings. The summed E-state index contributed by atoms with van der Waals surface area (Å²) in [5, 5.41) is 11.8. The summed E-state index contributed by atoms with van der Waals surface area (Å²) in [6.45, 7) is 5.01. The fourth-order valence-corrected chi connectivity index (χ4v) is 2.62. The number of carboxylic acid groups (broad SMARTS) is 1. The number of carboxylic acids is 1. The van der Waals surface area contributed by atoms with Gasteiger partial charge in [-0.1, -0.05) is 18.2 Å². The van der Waals surface area contributed by atoms with Gasteiger partial charge in [-0.25, -0.2) is 13.2 Å². The van der Waals surface area contributed by atoms with Gasteiger partial charge in [0.15, 0.2) is 9.84 Å². The van der Waals surface area contributed by atoms with E-state index in [1.54, 1.807) is 26.8 Å². The van der Waals surface area contributed by atoms with E-state index in [1.807, 2.05) is 0 Å². The van der Waals surface area contributed by atoms with E-state index in [1.165, 1.54) is 24.4 Å². The molecule has 0 radical (unpaired) electrons. The molecule has 0 bridgehead atoms. The van der Waals surface area contributed by atoms with E-state index in [4.69, 9.17) is 0 Å². The van der Waals surface area contributed by atoms with Crippen molar-refractivity contribution in [2.24, 2.45) is 0 Å². The van der Waals surface area contributed by atoms with E-state index in [-0.39, 0.29) is 16.9 Å². The van der Waals surface area contributed by atoms with E-state index in [9.17, 15) is 23.1 Å². The number of aromatic carboxylic acids is 1. The van der Waals surface area contributed by atoms with Gasteiger partial charge in [-0.15, -0.1) is 0 Å². The van der Waals surface area contributed by atoms with Gasteiger partial charge in [0.05, 0.1) is 11.3 Å². The first-order valence-electron chi connectivity index (χ1n) is 7.47. The molecule has 0 spiro atoms. The van der Waals surface area contributed by atoms with E-state index in [0.29, 0.717) is 17.0 Å². The van der Waals surface area contributed by atoms with Gasteiger partial charge < -0.3 is 15.4 Å². The fraction of sp³-hybridized carbons (Fsp3) is 0.294. The second-order valence-electron chi connectivity index (χ2n) is 5.54. The Kier molecular flexibility index (Phi) is 6.93. The first kappa shape index (κ1) is 20.4. The number of nitrogens with one attached hydrogen (secondary N) is 2. The van der Waals surface area contributed by atoms with Crippen LogP contribution in [-0.2, 0) is 14.6 Å². The maximum absolute atomic E-state index is 12.2. The van der Waals surface area contributed by atoms with Crippen molar-refractivity contribution >= 4 is 27.8 Å². The molecule has 25 heavy (non-hydrogen) atoms. The van der Waals surface area contributed by atoms with Crippen molar-refractivity contribution in [1.82, 2.24) is 10.3 Å². The van der Waals surface area contributed by atoms with E-state index < -0.39 is 21.7 Å². The standard InChI is InChI=1S/C17H22N2O5S/c1-5-8-18-16(20)13(7-6-9-25(4,23)24)10-14-11(2)15(17(21)22)12(3)19-14/h5-8,10,19H,9H2,1-4H3,(H,18,20)(H,21,22). The summed E-state index contributed by atoms with van der Waals surface area (Å²) >= 11 is 0. The largest absolute Gasteiger partial charge is 0.478 e. The van der Waals surface area contributed by atoms with Crippen LogP contribution in [0.4, 0.5) is 0 Å². The number of H-pyrrole nitrogens is 1. The molecular weight excluding hydrogens is 344 g/mol. The van der Waals surface area contributed by atoms with E-state index in [0.717, 1.165) is 6.26 Å². The topological polar surface area (TPSA) is 116 Å². The van der Waals surface area contributed by atoms with Gasteiger partial charge in [-0.2, -0.15) is 0 Å². The first-order valence-corrected chi connectivity index (χ1v) is 9.53. The predicted molar refractivity (Wildman–Crippen MR) is 97.0 cm³/mol. The van der Waals surface area contributed by atoms with Crippen molar-refractivity contribution in [3.8, 4) is 0 Å². The Morgan fingerprint density at radius 3 is 2.40 bits per heavy atom. The van der Waals surface area contributed by atoms with Gasteiger partial charge in [0.1, 0.15) is 0 Å². The zero-order valence-electron chi connectivity index (χ0n) is 14.6. The molecule has 1 aromatic rings. The molecule has 0 saturated heterocycles. The summed E-state index contributed by atoms with van der Waals surface area (Å²) in [4.78, 5) is 26.5. The quantitative estimate of drug-likeness (QED) is 0.504. The lowest BCUT2D eigenvalue weighted by Gasteiger charge is -2.02. The summed E-state index contributed by atoms with van der Waals surface area (Å²) in [6.07, 6.45) is 8.46. The van der Waals surface area contributed by atoms with Gasteiger partial charge in [0.2, 0.25) is 0 Å². The minimum absolute atomic E-state index is 0.152. The van der Waals surface area contributed by atoms with Crippen LogP contribution >= 0.6 is 0 Å². The molecule has 1 amide bonds. The van der Waals surface area contributed by atoms with Gasteiger partial charge in [0.25, 0.3) is 5.91 Å². The maximum atomic E-state index is 12.2. The smallest absolute Gasteiger partial charge is 0.337 e. The highest BCUT2D eigenvalue weighted by Crippen LogP contribution is 2.20. The van der Waals surface area contributed by atoms with Crippen LogP contribution in [-0.4, -0.2) is 42.4 Å². The number of amides is 1. The molecule has 0 atom stereocenters. The molecule has 136 valence electrons. The number of aryl methyl sites for hydroxylation is 1. The molecule has 0 aliphatic heterocycles. The molecule has 1 heterocycles. The lowest BCUT2D eigenvalue weighted by atomic mass is 10.1. The van der Waals surface area contributed by atoms with Crippen molar-refractivity contribution in [3.05, 3.63) is 52.5 Å². The second kappa shape index (κ2) is 8.48. The number of sulfone groups is 1. The normalized spacial score (nSPS) is 12.9. The van der Waals surface area contributed by atoms with Crippen LogP contribution in [0, 0.1) is 13.8 Å². The minimum Gasteiger partial charge on any atom is -0.478 e. The van der Waals surface area contributed by atoms with Crippen molar-refractivity contribution < 1.29 is 23.1 Å². The number of aromatic amines is 1. The number of aromatic nitrogens is 1. The summed E-state index contributed by atoms with van der Waals surface area (Å²) in [6, 6.07) is 0. The molecular formula is C17H22N2O5S. The molecule has 0 saturated carbocycles. The highest BCUT2D eigenvalue weighted by Gasteiger charge is 2.17. The molecule has 7 nitrogen and oxygen atoms in total. The highest BCUT2D eigenvalue weighted by atomic mass is 32.2. The average molecular weight is 366 g/mol. The Hall–Kier alpha value is -2.61. The summed E-state index contributed by atoms with van der Waals surface area (Å²) < 4.78 is 22.5. The van der Waals surface area contributed by atoms with Crippen LogP contribution in [0.3, 0.4) is 0 Å². The van der Waals surface area contributed by atoms with Crippen LogP contribution in [0.5, 0.6) is 0 Å². The number of hydrogen-bond donors (Lipinski definition) is 3. The molecule has 0 unspecified atom stereocenters. The summed E-state index contributed by atoms with van der Waals surface area (Å²) in [5.74, 6) is -1.70. The highest BCUT2D eigenvalue weighted by molar-refractivity contribution is 7.90. The number of hydrogen-bond acceptors (Lipinski definition) is 4.